The lowest BCUT2D eigenvalue weighted by molar-refractivity contribution is 0.122. The van der Waals surface area contributed by atoms with Crippen LogP contribution in [0.3, 0.4) is 0 Å². The third-order valence-electron chi connectivity index (χ3n) is 5.21. The largest absolute Gasteiger partial charge is 0.451 e. The molecule has 1 N–H and O–H groups in total. The average Bonchev–Trinajstić information content (AvgIpc) is 3.39. The van der Waals surface area contributed by atoms with Gasteiger partial charge in [0.15, 0.2) is 17.2 Å². The first-order valence-corrected chi connectivity index (χ1v) is 9.44. The zero-order chi connectivity index (χ0) is 19.1. The molecule has 0 radical (unpaired) electrons. The first kappa shape index (κ1) is 16.9. The van der Waals surface area contributed by atoms with Crippen LogP contribution in [-0.4, -0.2) is 46.5 Å². The number of rotatable bonds is 3. The van der Waals surface area contributed by atoms with Crippen molar-refractivity contribution in [3.63, 3.8) is 0 Å². The summed E-state index contributed by atoms with van der Waals surface area (Å²) in [7, 11) is 0. The van der Waals surface area contributed by atoms with Gasteiger partial charge in [-0.15, -0.1) is 0 Å². The molecule has 4 heterocycles. The van der Waals surface area contributed by atoms with Crippen molar-refractivity contribution in [3.8, 4) is 11.4 Å². The number of H-pyrrole nitrogens is 1. The fourth-order valence-corrected chi connectivity index (χ4v) is 3.52. The van der Waals surface area contributed by atoms with Gasteiger partial charge in [-0.1, -0.05) is 18.2 Å². The van der Waals surface area contributed by atoms with Crippen molar-refractivity contribution in [1.29, 1.82) is 0 Å². The number of aromatic amines is 1. The Bertz CT molecular complexity index is 1180. The van der Waals surface area contributed by atoms with Crippen LogP contribution in [0.5, 0.6) is 0 Å². The Labute approximate surface area is 162 Å². The SMILES string of the molecule is C/C=C(\C)c1cc2nc(-c3cccc4[nH]ncc34)nc(N3CCOCC3)c2o1. The van der Waals surface area contributed by atoms with E-state index in [9.17, 15) is 0 Å². The molecule has 1 aromatic carbocycles. The van der Waals surface area contributed by atoms with Crippen molar-refractivity contribution in [3.05, 3.63) is 42.3 Å². The maximum Gasteiger partial charge on any atom is 0.195 e. The number of nitrogens with zero attached hydrogens (tertiary/aromatic N) is 4. The van der Waals surface area contributed by atoms with E-state index in [1.54, 1.807) is 0 Å². The quantitative estimate of drug-likeness (QED) is 0.582. The molecule has 1 saturated heterocycles. The Morgan fingerprint density at radius 3 is 2.89 bits per heavy atom. The minimum Gasteiger partial charge on any atom is -0.451 e. The topological polar surface area (TPSA) is 80.1 Å². The highest BCUT2D eigenvalue weighted by Crippen LogP contribution is 2.34. The number of nitrogens with one attached hydrogen (secondary N) is 1. The third kappa shape index (κ3) is 2.75. The number of aromatic nitrogens is 4. The standard InChI is InChI=1S/C21H21N5O2/c1-3-13(2)18-11-17-19(28-18)21(26-7-9-27-10-8-26)24-20(23-17)14-5-4-6-16-15(14)12-22-25-16/h3-6,11-12H,7-10H2,1-2H3,(H,22,25)/b13-3+. The molecular weight excluding hydrogens is 354 g/mol. The zero-order valence-electron chi connectivity index (χ0n) is 15.9. The van der Waals surface area contributed by atoms with Gasteiger partial charge in [0.05, 0.1) is 24.9 Å². The third-order valence-corrected chi connectivity index (χ3v) is 5.21. The lowest BCUT2D eigenvalue weighted by Crippen LogP contribution is -2.37. The maximum absolute atomic E-state index is 6.17. The van der Waals surface area contributed by atoms with E-state index >= 15 is 0 Å². The highest BCUT2D eigenvalue weighted by Gasteiger charge is 2.22. The van der Waals surface area contributed by atoms with Gasteiger partial charge in [0.25, 0.3) is 0 Å². The molecule has 1 aliphatic rings. The second kappa shape index (κ2) is 6.76. The van der Waals surface area contributed by atoms with Crippen LogP contribution in [0.2, 0.25) is 0 Å². The summed E-state index contributed by atoms with van der Waals surface area (Å²) in [5.74, 6) is 2.31. The van der Waals surface area contributed by atoms with E-state index in [4.69, 9.17) is 19.1 Å². The summed E-state index contributed by atoms with van der Waals surface area (Å²) in [6, 6.07) is 8.01. The predicted octanol–water partition coefficient (Wildman–Crippen LogP) is 4.03. The second-order valence-electron chi connectivity index (χ2n) is 6.90. The summed E-state index contributed by atoms with van der Waals surface area (Å²) < 4.78 is 11.7. The highest BCUT2D eigenvalue weighted by atomic mass is 16.5. The molecule has 0 atom stereocenters. The minimum absolute atomic E-state index is 0.673. The number of ether oxygens (including phenoxy) is 1. The smallest absolute Gasteiger partial charge is 0.195 e. The molecule has 142 valence electrons. The second-order valence-corrected chi connectivity index (χ2v) is 6.90. The Balaban J connectivity index is 1.75. The molecule has 0 saturated carbocycles. The highest BCUT2D eigenvalue weighted by molar-refractivity contribution is 5.95. The van der Waals surface area contributed by atoms with Gasteiger partial charge in [-0.25, -0.2) is 9.97 Å². The van der Waals surface area contributed by atoms with Crippen LogP contribution in [0.25, 0.3) is 39.0 Å². The number of hydrogen-bond donors (Lipinski definition) is 1. The number of benzene rings is 1. The van der Waals surface area contributed by atoms with Crippen LogP contribution in [0, 0.1) is 0 Å². The number of allylic oxidation sites excluding steroid dienone is 2. The zero-order valence-corrected chi connectivity index (χ0v) is 15.9. The molecular formula is C21H21N5O2. The summed E-state index contributed by atoms with van der Waals surface area (Å²) in [6.07, 6.45) is 3.85. The van der Waals surface area contributed by atoms with Crippen molar-refractivity contribution in [2.45, 2.75) is 13.8 Å². The molecule has 0 unspecified atom stereocenters. The van der Waals surface area contributed by atoms with Gasteiger partial charge in [0.1, 0.15) is 11.3 Å². The van der Waals surface area contributed by atoms with Gasteiger partial charge >= 0.3 is 0 Å². The molecule has 0 spiro atoms. The monoisotopic (exact) mass is 375 g/mol. The fraction of sp³-hybridized carbons (Fsp3) is 0.286. The molecule has 0 bridgehead atoms. The summed E-state index contributed by atoms with van der Waals surface area (Å²) in [5.41, 5.74) is 4.52. The Morgan fingerprint density at radius 2 is 2.07 bits per heavy atom. The molecule has 5 rings (SSSR count). The molecule has 1 fully saturated rings. The van der Waals surface area contributed by atoms with E-state index in [1.165, 1.54) is 0 Å². The van der Waals surface area contributed by atoms with Crippen molar-refractivity contribution in [2.24, 2.45) is 0 Å². The van der Waals surface area contributed by atoms with Gasteiger partial charge in [-0.05, 0) is 25.5 Å². The summed E-state index contributed by atoms with van der Waals surface area (Å²) in [4.78, 5) is 12.0. The van der Waals surface area contributed by atoms with Crippen LogP contribution in [-0.2, 0) is 4.74 Å². The Morgan fingerprint density at radius 1 is 1.21 bits per heavy atom. The predicted molar refractivity (Wildman–Crippen MR) is 109 cm³/mol. The van der Waals surface area contributed by atoms with E-state index in [2.05, 4.69) is 15.1 Å². The van der Waals surface area contributed by atoms with Crippen molar-refractivity contribution in [2.75, 3.05) is 31.2 Å². The lowest BCUT2D eigenvalue weighted by atomic mass is 10.1. The molecule has 3 aromatic heterocycles. The number of fused-ring (bicyclic) bond motifs is 2. The van der Waals surface area contributed by atoms with Crippen molar-refractivity contribution >= 4 is 33.4 Å². The summed E-state index contributed by atoms with van der Waals surface area (Å²) in [5, 5.41) is 8.18. The number of hydrogen-bond acceptors (Lipinski definition) is 6. The molecule has 7 heteroatoms. The normalized spacial score (nSPS) is 15.6. The Kier molecular flexibility index (Phi) is 4.09. The van der Waals surface area contributed by atoms with Crippen LogP contribution in [0.1, 0.15) is 19.6 Å². The van der Waals surface area contributed by atoms with Crippen LogP contribution < -0.4 is 4.90 Å². The van der Waals surface area contributed by atoms with Gasteiger partial charge < -0.3 is 14.1 Å². The lowest BCUT2D eigenvalue weighted by Gasteiger charge is -2.27. The molecule has 0 aliphatic carbocycles. The molecule has 0 amide bonds. The Hall–Kier alpha value is -3.19. The fourth-order valence-electron chi connectivity index (χ4n) is 3.52. The molecule has 7 nitrogen and oxygen atoms in total. The van der Waals surface area contributed by atoms with Crippen LogP contribution in [0.4, 0.5) is 5.82 Å². The summed E-state index contributed by atoms with van der Waals surface area (Å²) in [6.45, 7) is 6.95. The number of morpholine rings is 1. The molecule has 4 aromatic rings. The van der Waals surface area contributed by atoms with Gasteiger partial charge in [0.2, 0.25) is 0 Å². The van der Waals surface area contributed by atoms with Gasteiger partial charge in [0, 0.05) is 30.1 Å². The van der Waals surface area contributed by atoms with E-state index in [1.807, 2.05) is 50.4 Å². The van der Waals surface area contributed by atoms with Crippen molar-refractivity contribution < 1.29 is 9.15 Å². The summed E-state index contributed by atoms with van der Waals surface area (Å²) >= 11 is 0. The average molecular weight is 375 g/mol. The molecule has 28 heavy (non-hydrogen) atoms. The van der Waals surface area contributed by atoms with Gasteiger partial charge in [-0.3, -0.25) is 5.10 Å². The maximum atomic E-state index is 6.17. The number of anilines is 1. The van der Waals surface area contributed by atoms with E-state index < -0.39 is 0 Å². The van der Waals surface area contributed by atoms with Crippen LogP contribution in [0.15, 0.2) is 41.0 Å². The van der Waals surface area contributed by atoms with E-state index in [0.29, 0.717) is 19.0 Å². The van der Waals surface area contributed by atoms with Crippen molar-refractivity contribution in [1.82, 2.24) is 20.2 Å². The first-order valence-electron chi connectivity index (χ1n) is 9.44. The van der Waals surface area contributed by atoms with E-state index in [-0.39, 0.29) is 0 Å². The number of furan rings is 1. The minimum atomic E-state index is 0.673. The van der Waals surface area contributed by atoms with Gasteiger partial charge in [-0.2, -0.15) is 5.10 Å². The van der Waals surface area contributed by atoms with E-state index in [0.717, 1.165) is 57.8 Å². The first-order chi connectivity index (χ1) is 13.7. The van der Waals surface area contributed by atoms with Crippen LogP contribution >= 0.6 is 0 Å². The molecule has 1 aliphatic heterocycles.